The zero-order chi connectivity index (χ0) is 19.5. The lowest BCUT2D eigenvalue weighted by Gasteiger charge is -2.35. The van der Waals surface area contributed by atoms with E-state index in [4.69, 9.17) is 17.3 Å². The Morgan fingerprint density at radius 2 is 2.00 bits per heavy atom. The van der Waals surface area contributed by atoms with E-state index in [1.807, 2.05) is 36.4 Å². The van der Waals surface area contributed by atoms with Crippen LogP contribution in [0.3, 0.4) is 0 Å². The van der Waals surface area contributed by atoms with Gasteiger partial charge in [-0.25, -0.2) is 9.97 Å². The van der Waals surface area contributed by atoms with Gasteiger partial charge in [0.05, 0.1) is 5.56 Å². The minimum Gasteiger partial charge on any atom is -0.383 e. The molecule has 1 atom stereocenters. The first-order valence-corrected chi connectivity index (χ1v) is 9.45. The van der Waals surface area contributed by atoms with Crippen molar-refractivity contribution in [3.8, 4) is 0 Å². The van der Waals surface area contributed by atoms with Crippen molar-refractivity contribution in [2.45, 2.75) is 6.04 Å². The molecule has 0 radical (unpaired) electrons. The number of nitrogens with zero attached hydrogens (tertiary/aromatic N) is 3. The predicted octanol–water partition coefficient (Wildman–Crippen LogP) is 3.83. The van der Waals surface area contributed by atoms with Gasteiger partial charge in [0.25, 0.3) is 0 Å². The molecule has 3 heterocycles. The lowest BCUT2D eigenvalue weighted by molar-refractivity contribution is 0.103. The molecule has 7 heteroatoms. The van der Waals surface area contributed by atoms with Crippen LogP contribution in [0.25, 0.3) is 0 Å². The monoisotopic (exact) mass is 399 g/mol. The summed E-state index contributed by atoms with van der Waals surface area (Å²) in [5.41, 5.74) is 7.74. The highest BCUT2D eigenvalue weighted by atomic mass is 35.5. The fraction of sp³-hybridized carbons (Fsp3) is 0.190. The van der Waals surface area contributed by atoms with Gasteiger partial charge >= 0.3 is 0 Å². The van der Waals surface area contributed by atoms with Crippen LogP contribution >= 0.6 is 11.6 Å². The Morgan fingerprint density at radius 1 is 1.18 bits per heavy atom. The number of rotatable bonds is 4. The van der Waals surface area contributed by atoms with Crippen LogP contribution in [0.1, 0.15) is 31.9 Å². The van der Waals surface area contributed by atoms with Crippen LogP contribution in [0.15, 0.2) is 60.8 Å². The van der Waals surface area contributed by atoms with Crippen LogP contribution in [0, 0.1) is 0 Å². The maximum atomic E-state index is 12.8. The first-order valence-electron chi connectivity index (χ1n) is 9.08. The Morgan fingerprint density at radius 3 is 2.79 bits per heavy atom. The maximum absolute atomic E-state index is 12.8. The Kier molecular flexibility index (Phi) is 5.23. The molecular formula is C21H26ClN5O. The van der Waals surface area contributed by atoms with Crippen LogP contribution < -0.4 is 16.0 Å². The van der Waals surface area contributed by atoms with Gasteiger partial charge in [0, 0.05) is 41.2 Å². The molecule has 1 aliphatic heterocycles. The highest BCUT2D eigenvalue weighted by Gasteiger charge is 2.23. The second kappa shape index (κ2) is 7.96. The van der Waals surface area contributed by atoms with E-state index in [1.165, 1.54) is 5.56 Å². The standard InChI is InChI=1S/C21H20ClN5O.3H2/c22-15-8-6-14(7-9-15)18-13-27(12-11-24-18)19-5-1-4-17(26-19)20(28)16-3-2-10-25-21(16)23;;;/h1-10,18,24H,11-13H2,(H2,23,25);3*1H. The molecule has 0 spiro atoms. The van der Waals surface area contributed by atoms with E-state index < -0.39 is 0 Å². The number of carbonyl (C=O) groups is 1. The predicted molar refractivity (Wildman–Crippen MR) is 117 cm³/mol. The van der Waals surface area contributed by atoms with Crippen molar-refractivity contribution in [2.24, 2.45) is 0 Å². The van der Waals surface area contributed by atoms with Crippen molar-refractivity contribution < 1.29 is 9.07 Å². The lowest BCUT2D eigenvalue weighted by atomic mass is 10.0. The number of hydrogen-bond acceptors (Lipinski definition) is 6. The minimum atomic E-state index is -0.225. The van der Waals surface area contributed by atoms with E-state index >= 15 is 0 Å². The van der Waals surface area contributed by atoms with Gasteiger partial charge in [0.15, 0.2) is 0 Å². The number of anilines is 2. The van der Waals surface area contributed by atoms with Gasteiger partial charge in [-0.2, -0.15) is 0 Å². The van der Waals surface area contributed by atoms with Crippen molar-refractivity contribution in [2.75, 3.05) is 30.3 Å². The maximum Gasteiger partial charge on any atom is 0.215 e. The highest BCUT2D eigenvalue weighted by Crippen LogP contribution is 2.23. The van der Waals surface area contributed by atoms with Crippen LogP contribution in [-0.2, 0) is 0 Å². The Hall–Kier alpha value is -2.96. The van der Waals surface area contributed by atoms with Crippen LogP contribution in [0.2, 0.25) is 5.02 Å². The Balaban J connectivity index is 0.00000160. The number of aromatic nitrogens is 2. The Bertz CT molecular complexity index is 1010. The minimum absolute atomic E-state index is 0. The van der Waals surface area contributed by atoms with Gasteiger partial charge < -0.3 is 16.0 Å². The fourth-order valence-corrected chi connectivity index (χ4v) is 3.48. The van der Waals surface area contributed by atoms with Gasteiger partial charge in [0.1, 0.15) is 17.3 Å². The normalized spacial score (nSPS) is 16.8. The molecular weight excluding hydrogens is 374 g/mol. The van der Waals surface area contributed by atoms with Gasteiger partial charge in [-0.15, -0.1) is 0 Å². The topological polar surface area (TPSA) is 84.1 Å². The average Bonchev–Trinajstić information content (AvgIpc) is 2.74. The second-order valence-corrected chi connectivity index (χ2v) is 7.09. The van der Waals surface area contributed by atoms with Crippen LogP contribution in [0.4, 0.5) is 11.6 Å². The molecule has 6 nitrogen and oxygen atoms in total. The molecule has 0 bridgehead atoms. The zero-order valence-electron chi connectivity index (χ0n) is 15.2. The van der Waals surface area contributed by atoms with Crippen molar-refractivity contribution in [1.82, 2.24) is 15.3 Å². The van der Waals surface area contributed by atoms with Gasteiger partial charge in [-0.3, -0.25) is 4.79 Å². The SMILES string of the molecule is Nc1ncccc1C(=O)c1cccc(N2CCNC(c3ccc(Cl)cc3)C2)n1.[HH].[HH].[HH]. The van der Waals surface area contributed by atoms with E-state index in [9.17, 15) is 4.79 Å². The molecule has 1 aliphatic rings. The van der Waals surface area contributed by atoms with Gasteiger partial charge in [-0.05, 0) is 42.0 Å². The summed E-state index contributed by atoms with van der Waals surface area (Å²) in [6.45, 7) is 2.38. The summed E-state index contributed by atoms with van der Waals surface area (Å²) in [7, 11) is 0. The van der Waals surface area contributed by atoms with Crippen molar-refractivity contribution in [3.63, 3.8) is 0 Å². The number of nitrogens with one attached hydrogen (secondary N) is 1. The Labute approximate surface area is 172 Å². The van der Waals surface area contributed by atoms with E-state index in [1.54, 1.807) is 24.4 Å². The number of pyridine rings is 2. The summed E-state index contributed by atoms with van der Waals surface area (Å²) in [5.74, 6) is 0.760. The first-order chi connectivity index (χ1) is 13.6. The number of carbonyl (C=O) groups excluding carboxylic acids is 1. The summed E-state index contributed by atoms with van der Waals surface area (Å²) < 4.78 is 0. The zero-order valence-corrected chi connectivity index (χ0v) is 15.9. The highest BCUT2D eigenvalue weighted by molar-refractivity contribution is 6.30. The number of benzene rings is 1. The number of halogens is 1. The smallest absolute Gasteiger partial charge is 0.215 e. The molecule has 1 aromatic carbocycles. The molecule has 148 valence electrons. The van der Waals surface area contributed by atoms with Gasteiger partial charge in [-0.1, -0.05) is 29.8 Å². The molecule has 28 heavy (non-hydrogen) atoms. The molecule has 2 aromatic heterocycles. The summed E-state index contributed by atoms with van der Waals surface area (Å²) in [4.78, 5) is 23.6. The number of piperazine rings is 1. The van der Waals surface area contributed by atoms with Crippen LogP contribution in [-0.4, -0.2) is 35.4 Å². The largest absolute Gasteiger partial charge is 0.383 e. The van der Waals surface area contributed by atoms with Crippen molar-refractivity contribution in [1.29, 1.82) is 0 Å². The molecule has 3 N–H and O–H groups in total. The third-order valence-electron chi connectivity index (χ3n) is 4.82. The van der Waals surface area contributed by atoms with Gasteiger partial charge in [0.2, 0.25) is 5.78 Å². The second-order valence-electron chi connectivity index (χ2n) is 6.65. The quantitative estimate of drug-likeness (QED) is 0.648. The molecule has 1 fully saturated rings. The molecule has 4 rings (SSSR count). The molecule has 0 amide bonds. The first kappa shape index (κ1) is 18.4. The lowest BCUT2D eigenvalue weighted by Crippen LogP contribution is -2.46. The average molecular weight is 400 g/mol. The number of ketones is 1. The third kappa shape index (κ3) is 3.83. The summed E-state index contributed by atoms with van der Waals surface area (Å²) in [6, 6.07) is 16.9. The summed E-state index contributed by atoms with van der Waals surface area (Å²) in [5, 5.41) is 4.24. The summed E-state index contributed by atoms with van der Waals surface area (Å²) in [6.07, 6.45) is 1.56. The van der Waals surface area contributed by atoms with E-state index in [2.05, 4.69) is 20.2 Å². The van der Waals surface area contributed by atoms with Crippen molar-refractivity contribution >= 4 is 29.0 Å². The molecule has 0 saturated carbocycles. The fourth-order valence-electron chi connectivity index (χ4n) is 3.35. The number of hydrogen-bond donors (Lipinski definition) is 2. The van der Waals surface area contributed by atoms with E-state index in [0.717, 1.165) is 30.5 Å². The van der Waals surface area contributed by atoms with E-state index in [-0.39, 0.29) is 21.9 Å². The molecule has 0 aliphatic carbocycles. The molecule has 1 unspecified atom stereocenters. The van der Waals surface area contributed by atoms with Crippen LogP contribution in [0.5, 0.6) is 0 Å². The van der Waals surface area contributed by atoms with Crippen molar-refractivity contribution in [3.05, 3.63) is 82.6 Å². The van der Waals surface area contributed by atoms with E-state index in [0.29, 0.717) is 11.3 Å². The summed E-state index contributed by atoms with van der Waals surface area (Å²) >= 11 is 6.00. The number of nitrogen functional groups attached to an aromatic ring is 1. The molecule has 3 aromatic rings. The number of nitrogens with two attached hydrogens (primary N) is 1. The molecule has 1 saturated heterocycles. The third-order valence-corrected chi connectivity index (χ3v) is 5.07.